The third kappa shape index (κ3) is 4.44. The first-order valence-electron chi connectivity index (χ1n) is 5.83. The van der Waals surface area contributed by atoms with Crippen molar-refractivity contribution < 1.29 is 8.42 Å². The lowest BCUT2D eigenvalue weighted by atomic mass is 10.0. The molecule has 0 aromatic carbocycles. The van der Waals surface area contributed by atoms with Crippen LogP contribution in [0.4, 0.5) is 0 Å². The van der Waals surface area contributed by atoms with Crippen molar-refractivity contribution in [3.05, 3.63) is 29.6 Å². The first kappa shape index (κ1) is 14.1. The molecule has 0 aliphatic rings. The Morgan fingerprint density at radius 2 is 2.18 bits per heavy atom. The molecular weight excluding hydrogens is 236 g/mol. The van der Waals surface area contributed by atoms with Gasteiger partial charge in [0.2, 0.25) is 0 Å². The maximum atomic E-state index is 11.3. The van der Waals surface area contributed by atoms with Gasteiger partial charge in [-0.25, -0.2) is 8.42 Å². The molecule has 4 nitrogen and oxygen atoms in total. The van der Waals surface area contributed by atoms with Crippen LogP contribution in [-0.4, -0.2) is 24.9 Å². The predicted molar refractivity (Wildman–Crippen MR) is 69.5 cm³/mol. The molecule has 1 heterocycles. The fourth-order valence-electron chi connectivity index (χ4n) is 1.72. The van der Waals surface area contributed by atoms with E-state index in [1.165, 1.54) is 0 Å². The fraction of sp³-hybridized carbons (Fsp3) is 0.583. The van der Waals surface area contributed by atoms with Crippen LogP contribution in [0.25, 0.3) is 0 Å². The first-order chi connectivity index (χ1) is 7.96. The van der Waals surface area contributed by atoms with Crippen molar-refractivity contribution in [2.45, 2.75) is 32.7 Å². The summed E-state index contributed by atoms with van der Waals surface area (Å²) in [6, 6.07) is 1.79. The van der Waals surface area contributed by atoms with Crippen LogP contribution in [-0.2, 0) is 9.84 Å². The van der Waals surface area contributed by atoms with E-state index in [1.807, 2.05) is 13.0 Å². The summed E-state index contributed by atoms with van der Waals surface area (Å²) < 4.78 is 22.7. The molecule has 2 N–H and O–H groups in total. The second-order valence-corrected chi connectivity index (χ2v) is 6.69. The molecule has 1 atom stereocenters. The van der Waals surface area contributed by atoms with Crippen LogP contribution >= 0.6 is 0 Å². The van der Waals surface area contributed by atoms with Crippen molar-refractivity contribution in [1.82, 2.24) is 4.98 Å². The largest absolute Gasteiger partial charge is 0.324 e. The van der Waals surface area contributed by atoms with E-state index in [1.54, 1.807) is 19.3 Å². The second-order valence-electron chi connectivity index (χ2n) is 4.22. The number of sulfone groups is 1. The van der Waals surface area contributed by atoms with Crippen molar-refractivity contribution in [1.29, 1.82) is 0 Å². The highest BCUT2D eigenvalue weighted by Gasteiger charge is 2.11. The Morgan fingerprint density at radius 1 is 1.47 bits per heavy atom. The summed E-state index contributed by atoms with van der Waals surface area (Å²) in [4.78, 5) is 4.01. The minimum Gasteiger partial charge on any atom is -0.324 e. The van der Waals surface area contributed by atoms with Crippen LogP contribution in [0.5, 0.6) is 0 Å². The lowest BCUT2D eigenvalue weighted by Crippen LogP contribution is -2.15. The third-order valence-corrected chi connectivity index (χ3v) is 4.66. The van der Waals surface area contributed by atoms with Gasteiger partial charge in [-0.1, -0.05) is 6.92 Å². The molecule has 0 aliphatic carbocycles. The highest BCUT2D eigenvalue weighted by molar-refractivity contribution is 7.91. The van der Waals surface area contributed by atoms with Gasteiger partial charge in [0, 0.05) is 24.2 Å². The van der Waals surface area contributed by atoms with E-state index in [2.05, 4.69) is 4.98 Å². The van der Waals surface area contributed by atoms with Gasteiger partial charge in [0.25, 0.3) is 0 Å². The van der Waals surface area contributed by atoms with Crippen LogP contribution in [0.1, 0.15) is 36.9 Å². The van der Waals surface area contributed by atoms with Crippen LogP contribution in [0.3, 0.4) is 0 Å². The normalized spacial score (nSPS) is 13.6. The van der Waals surface area contributed by atoms with Crippen LogP contribution < -0.4 is 5.73 Å². The molecule has 0 amide bonds. The average Bonchev–Trinajstić information content (AvgIpc) is 2.29. The number of nitrogens with two attached hydrogens (primary N) is 1. The van der Waals surface area contributed by atoms with E-state index >= 15 is 0 Å². The Hall–Kier alpha value is -0.940. The molecule has 1 aromatic heterocycles. The Bertz CT molecular complexity index is 457. The topological polar surface area (TPSA) is 73.0 Å². The summed E-state index contributed by atoms with van der Waals surface area (Å²) in [5.74, 6) is 0.428. The monoisotopic (exact) mass is 256 g/mol. The van der Waals surface area contributed by atoms with Gasteiger partial charge in [0.15, 0.2) is 0 Å². The molecule has 0 bridgehead atoms. The highest BCUT2D eigenvalue weighted by Crippen LogP contribution is 2.18. The lowest BCUT2D eigenvalue weighted by Gasteiger charge is -2.13. The minimum atomic E-state index is -2.88. The number of pyridine rings is 1. The van der Waals surface area contributed by atoms with Gasteiger partial charge in [-0.2, -0.15) is 0 Å². The fourth-order valence-corrected chi connectivity index (χ4v) is 2.62. The third-order valence-electron chi connectivity index (χ3n) is 2.87. The molecule has 0 saturated carbocycles. The lowest BCUT2D eigenvalue weighted by molar-refractivity contribution is 0.583. The van der Waals surface area contributed by atoms with Crippen molar-refractivity contribution in [3.63, 3.8) is 0 Å². The average molecular weight is 256 g/mol. The summed E-state index contributed by atoms with van der Waals surface area (Å²) in [7, 11) is -2.88. The molecule has 17 heavy (non-hydrogen) atoms. The SMILES string of the molecule is CCS(=O)(=O)CCCC(N)c1ccncc1C. The van der Waals surface area contributed by atoms with Crippen molar-refractivity contribution >= 4 is 9.84 Å². The number of rotatable bonds is 6. The molecule has 1 rings (SSSR count). The van der Waals surface area contributed by atoms with Crippen molar-refractivity contribution in [2.75, 3.05) is 11.5 Å². The summed E-state index contributed by atoms with van der Waals surface area (Å²) >= 11 is 0. The summed E-state index contributed by atoms with van der Waals surface area (Å²) in [6.45, 7) is 3.63. The number of aromatic nitrogens is 1. The molecule has 0 radical (unpaired) electrons. The van der Waals surface area contributed by atoms with E-state index in [9.17, 15) is 8.42 Å². The van der Waals surface area contributed by atoms with Gasteiger partial charge in [-0.3, -0.25) is 4.98 Å². The van der Waals surface area contributed by atoms with E-state index in [0.717, 1.165) is 11.1 Å². The predicted octanol–water partition coefficient (Wildman–Crippen LogP) is 1.60. The second kappa shape index (κ2) is 6.12. The van der Waals surface area contributed by atoms with E-state index < -0.39 is 9.84 Å². The molecule has 1 aromatic rings. The van der Waals surface area contributed by atoms with Gasteiger partial charge >= 0.3 is 0 Å². The Kier molecular flexibility index (Phi) is 5.08. The van der Waals surface area contributed by atoms with Crippen molar-refractivity contribution in [3.8, 4) is 0 Å². The molecule has 96 valence electrons. The number of nitrogens with zero attached hydrogens (tertiary/aromatic N) is 1. The molecular formula is C12H20N2O2S. The van der Waals surface area contributed by atoms with Gasteiger partial charge < -0.3 is 5.73 Å². The first-order valence-corrected chi connectivity index (χ1v) is 7.65. The quantitative estimate of drug-likeness (QED) is 0.839. The zero-order valence-corrected chi connectivity index (χ0v) is 11.2. The van der Waals surface area contributed by atoms with Gasteiger partial charge in [-0.05, 0) is 37.0 Å². The zero-order chi connectivity index (χ0) is 12.9. The molecule has 0 spiro atoms. The summed E-state index contributed by atoms with van der Waals surface area (Å²) in [6.07, 6.45) is 4.78. The number of hydrogen-bond donors (Lipinski definition) is 1. The summed E-state index contributed by atoms with van der Waals surface area (Å²) in [5, 5.41) is 0. The minimum absolute atomic E-state index is 0.106. The molecule has 1 unspecified atom stereocenters. The van der Waals surface area contributed by atoms with Crippen LogP contribution in [0.15, 0.2) is 18.5 Å². The molecule has 5 heteroatoms. The number of aryl methyl sites for hydroxylation is 1. The van der Waals surface area contributed by atoms with Gasteiger partial charge in [0.05, 0.1) is 5.75 Å². The number of hydrogen-bond acceptors (Lipinski definition) is 4. The molecule has 0 saturated heterocycles. The molecule has 0 aliphatic heterocycles. The Morgan fingerprint density at radius 3 is 2.76 bits per heavy atom. The van der Waals surface area contributed by atoms with E-state index in [-0.39, 0.29) is 17.5 Å². The smallest absolute Gasteiger partial charge is 0.150 e. The van der Waals surface area contributed by atoms with E-state index in [4.69, 9.17) is 5.73 Å². The zero-order valence-electron chi connectivity index (χ0n) is 10.4. The molecule has 0 fully saturated rings. The standard InChI is InChI=1S/C12H20N2O2S/c1-3-17(15,16)8-4-5-12(13)11-6-7-14-9-10(11)2/h6-7,9,12H,3-5,8,13H2,1-2H3. The maximum absolute atomic E-state index is 11.3. The van der Waals surface area contributed by atoms with Crippen LogP contribution in [0, 0.1) is 6.92 Å². The van der Waals surface area contributed by atoms with E-state index in [0.29, 0.717) is 12.8 Å². The van der Waals surface area contributed by atoms with Gasteiger partial charge in [-0.15, -0.1) is 0 Å². The Balaban J connectivity index is 2.51. The van der Waals surface area contributed by atoms with Crippen molar-refractivity contribution in [2.24, 2.45) is 5.73 Å². The Labute approximate surface area is 103 Å². The highest BCUT2D eigenvalue weighted by atomic mass is 32.2. The van der Waals surface area contributed by atoms with Gasteiger partial charge in [0.1, 0.15) is 9.84 Å². The summed E-state index contributed by atoms with van der Waals surface area (Å²) in [5.41, 5.74) is 8.15. The maximum Gasteiger partial charge on any atom is 0.150 e. The van der Waals surface area contributed by atoms with Crippen LogP contribution in [0.2, 0.25) is 0 Å².